The van der Waals surface area contributed by atoms with Gasteiger partial charge in [-0.3, -0.25) is 0 Å². The molecule has 0 atom stereocenters. The summed E-state index contributed by atoms with van der Waals surface area (Å²) in [5, 5.41) is 2.93. The van der Waals surface area contributed by atoms with Crippen molar-refractivity contribution in [3.8, 4) is 0 Å². The maximum Gasteiger partial charge on any atom is -0.0679 e. The van der Waals surface area contributed by atoms with Crippen LogP contribution in [-0.2, 0) is 0 Å². The first kappa shape index (κ1) is 26.9. The lowest BCUT2D eigenvalue weighted by molar-refractivity contribution is 0.604. The van der Waals surface area contributed by atoms with Crippen molar-refractivity contribution in [1.82, 2.24) is 0 Å². The second-order valence-corrected chi connectivity index (χ2v) is 50.2. The van der Waals surface area contributed by atoms with Gasteiger partial charge in [0.2, 0.25) is 0 Å². The highest BCUT2D eigenvalue weighted by molar-refractivity contribution is 8.07. The summed E-state index contributed by atoms with van der Waals surface area (Å²) in [6.45, 7) is 47.9. The van der Waals surface area contributed by atoms with E-state index >= 15 is 0 Å². The van der Waals surface area contributed by atoms with Gasteiger partial charge in [0.05, 0.1) is 0 Å². The molecular formula is C24H54Si4-2. The van der Waals surface area contributed by atoms with Crippen molar-refractivity contribution in [3.05, 3.63) is 0 Å². The summed E-state index contributed by atoms with van der Waals surface area (Å²) in [5.41, 5.74) is 0. The summed E-state index contributed by atoms with van der Waals surface area (Å²) < 4.78 is 0. The highest BCUT2D eigenvalue weighted by Crippen LogP contribution is 2.76. The zero-order valence-electron chi connectivity index (χ0n) is 23.0. The minimum absolute atomic E-state index is 0.488. The lowest BCUT2D eigenvalue weighted by Crippen LogP contribution is -3.04. The zero-order chi connectivity index (χ0) is 23.2. The van der Waals surface area contributed by atoms with E-state index in [-0.39, 0.29) is 0 Å². The standard InChI is InChI=1S/C24H54Si4/c1-19(2,3)25-27(21(7,8)9,22(10,11)12)26(20(4,5)6)28(25,23(13,14)15)24(16,17)18/h1-18H3/q-2. The van der Waals surface area contributed by atoms with Crippen LogP contribution in [0, 0.1) is 0 Å². The summed E-state index contributed by atoms with van der Waals surface area (Å²) in [7, 11) is -4.12. The van der Waals surface area contributed by atoms with Crippen LogP contribution < -0.4 is 0 Å². The van der Waals surface area contributed by atoms with Crippen LogP contribution >= 0.6 is 0 Å². The summed E-state index contributed by atoms with van der Waals surface area (Å²) in [4.78, 5) is 0. The first-order chi connectivity index (χ1) is 11.7. The molecule has 0 N–H and O–H groups in total. The van der Waals surface area contributed by atoms with Gasteiger partial charge in [0.15, 0.2) is 0 Å². The Balaban J connectivity index is 4.32. The Morgan fingerprint density at radius 3 is 0.536 bits per heavy atom. The topological polar surface area (TPSA) is 0 Å². The molecule has 0 bridgehead atoms. The van der Waals surface area contributed by atoms with Crippen LogP contribution in [0.4, 0.5) is 0 Å². The van der Waals surface area contributed by atoms with Crippen molar-refractivity contribution in [1.29, 1.82) is 0 Å². The SMILES string of the molecule is CC(C)(C)[Si-]1[Si](C(C)(C)C)(C(C)(C)C)[Si-](C(C)(C)C)[Si]1(C(C)(C)C)C(C)(C)C. The summed E-state index contributed by atoms with van der Waals surface area (Å²) in [6, 6.07) is 0. The van der Waals surface area contributed by atoms with Crippen LogP contribution in [0.15, 0.2) is 0 Å². The molecule has 1 saturated heterocycles. The average Bonchev–Trinajstić information content (AvgIpc) is 2.13. The van der Waals surface area contributed by atoms with Gasteiger partial charge >= 0.3 is 0 Å². The van der Waals surface area contributed by atoms with Gasteiger partial charge in [0, 0.05) is 0 Å². The molecule has 0 aromatic carbocycles. The molecule has 0 saturated carbocycles. The van der Waals surface area contributed by atoms with Crippen molar-refractivity contribution in [2.24, 2.45) is 0 Å². The molecule has 0 radical (unpaired) electrons. The molecule has 28 heavy (non-hydrogen) atoms. The normalized spacial score (nSPS) is 22.9. The molecule has 0 nitrogen and oxygen atoms in total. The van der Waals surface area contributed by atoms with Crippen LogP contribution in [0.2, 0.25) is 30.2 Å². The molecule has 0 spiro atoms. The van der Waals surface area contributed by atoms with Gasteiger partial charge in [-0.25, -0.2) is 14.2 Å². The third kappa shape index (κ3) is 3.39. The van der Waals surface area contributed by atoms with E-state index in [1.165, 1.54) is 0 Å². The van der Waals surface area contributed by atoms with Crippen LogP contribution in [0.25, 0.3) is 0 Å². The maximum atomic E-state index is 2.67. The maximum absolute atomic E-state index is 2.67. The lowest BCUT2D eigenvalue weighted by Gasteiger charge is -3.06. The fourth-order valence-electron chi connectivity index (χ4n) is 8.25. The Kier molecular flexibility index (Phi) is 6.42. The molecule has 1 aliphatic rings. The Morgan fingerprint density at radius 1 is 0.321 bits per heavy atom. The molecule has 0 aromatic rings. The fraction of sp³-hybridized carbons (Fsp3) is 1.00. The molecule has 1 fully saturated rings. The van der Waals surface area contributed by atoms with Gasteiger partial charge in [-0.05, 0) is 0 Å². The van der Waals surface area contributed by atoms with Crippen molar-refractivity contribution >= 4 is 29.9 Å². The molecule has 1 heterocycles. The molecule has 0 unspecified atom stereocenters. The number of hydrogen-bond acceptors (Lipinski definition) is 0. The van der Waals surface area contributed by atoms with E-state index < -0.39 is 29.9 Å². The third-order valence-electron chi connectivity index (χ3n) is 7.50. The Labute approximate surface area is 184 Å². The minimum Gasteiger partial charge on any atom is -0.310 e. The summed E-state index contributed by atoms with van der Waals surface area (Å²) in [5.74, 6) is 0. The minimum atomic E-state index is -1.57. The van der Waals surface area contributed by atoms with E-state index in [0.29, 0.717) is 30.2 Å². The zero-order valence-corrected chi connectivity index (χ0v) is 27.0. The van der Waals surface area contributed by atoms with E-state index in [9.17, 15) is 0 Å². The quantitative estimate of drug-likeness (QED) is 0.320. The van der Waals surface area contributed by atoms with Gasteiger partial charge in [0.1, 0.15) is 0 Å². The van der Waals surface area contributed by atoms with Crippen LogP contribution in [-0.4, -0.2) is 29.9 Å². The van der Waals surface area contributed by atoms with Gasteiger partial charge in [-0.2, -0.15) is 10.1 Å². The molecule has 1 rings (SSSR count). The lowest BCUT2D eigenvalue weighted by atomic mass is 10.2. The Hall–Kier alpha value is 0.868. The number of rotatable bonds is 0. The first-order valence-electron chi connectivity index (χ1n) is 11.5. The van der Waals surface area contributed by atoms with Crippen LogP contribution in [0.3, 0.4) is 0 Å². The van der Waals surface area contributed by atoms with E-state index in [4.69, 9.17) is 0 Å². The molecule has 4 heteroatoms. The first-order valence-corrected chi connectivity index (χ1v) is 22.5. The predicted molar refractivity (Wildman–Crippen MR) is 141 cm³/mol. The van der Waals surface area contributed by atoms with Gasteiger partial charge < -0.3 is 15.7 Å². The second kappa shape index (κ2) is 6.68. The summed E-state index contributed by atoms with van der Waals surface area (Å²) in [6.07, 6.45) is 0. The monoisotopic (exact) mass is 454 g/mol. The smallest absolute Gasteiger partial charge is 0.0679 e. The van der Waals surface area contributed by atoms with E-state index in [1.54, 1.807) is 0 Å². The predicted octanol–water partition coefficient (Wildman–Crippen LogP) is 9.00. The van der Waals surface area contributed by atoms with Gasteiger partial charge in [-0.15, -0.1) is 20.2 Å². The van der Waals surface area contributed by atoms with Crippen molar-refractivity contribution in [2.75, 3.05) is 0 Å². The van der Waals surface area contributed by atoms with E-state index in [1.807, 2.05) is 0 Å². The molecule has 0 aromatic heterocycles. The highest BCUT2D eigenvalue weighted by Gasteiger charge is 2.67. The second-order valence-electron chi connectivity index (χ2n) is 15.8. The van der Waals surface area contributed by atoms with Crippen molar-refractivity contribution in [2.45, 2.75) is 155 Å². The molecule has 0 amide bonds. The third-order valence-corrected chi connectivity index (χ3v) is 90.0. The fourth-order valence-corrected chi connectivity index (χ4v) is 138. The average molecular weight is 455 g/mol. The van der Waals surface area contributed by atoms with Crippen LogP contribution in [0.5, 0.6) is 0 Å². The Bertz CT molecular complexity index is 483. The van der Waals surface area contributed by atoms with Crippen molar-refractivity contribution < 1.29 is 0 Å². The Morgan fingerprint density at radius 2 is 0.464 bits per heavy atom. The van der Waals surface area contributed by atoms with E-state index in [2.05, 4.69) is 125 Å². The largest absolute Gasteiger partial charge is 0.310 e. The number of hydrogen-bond donors (Lipinski definition) is 0. The van der Waals surface area contributed by atoms with Gasteiger partial charge in [0.25, 0.3) is 0 Å². The van der Waals surface area contributed by atoms with E-state index in [0.717, 1.165) is 0 Å². The highest BCUT2D eigenvalue weighted by atomic mass is 30.2. The van der Waals surface area contributed by atoms with Crippen molar-refractivity contribution in [3.63, 3.8) is 0 Å². The summed E-state index contributed by atoms with van der Waals surface area (Å²) >= 11 is 0. The molecule has 168 valence electrons. The molecular weight excluding hydrogens is 401 g/mol. The molecule has 1 aliphatic heterocycles. The van der Waals surface area contributed by atoms with Gasteiger partial charge in [-0.1, -0.05) is 125 Å². The van der Waals surface area contributed by atoms with Crippen LogP contribution in [0.1, 0.15) is 125 Å². The molecule has 0 aliphatic carbocycles.